The van der Waals surface area contributed by atoms with Gasteiger partial charge in [-0.05, 0) is 43.5 Å². The van der Waals surface area contributed by atoms with Crippen LogP contribution in [-0.4, -0.2) is 47.8 Å². The molecule has 1 aromatic carbocycles. The molecule has 3 rings (SSSR count). The maximum atomic E-state index is 12.6. The van der Waals surface area contributed by atoms with Crippen molar-refractivity contribution in [1.29, 1.82) is 0 Å². The molecule has 1 aromatic heterocycles. The summed E-state index contributed by atoms with van der Waals surface area (Å²) in [5, 5.41) is 2.00. The largest absolute Gasteiger partial charge is 0.335 e. The second-order valence-electron chi connectivity index (χ2n) is 6.30. The van der Waals surface area contributed by atoms with E-state index in [0.29, 0.717) is 31.7 Å². The third-order valence-corrected chi connectivity index (χ3v) is 5.18. The van der Waals surface area contributed by atoms with Crippen molar-refractivity contribution in [3.05, 3.63) is 63.4 Å². The Morgan fingerprint density at radius 2 is 1.76 bits per heavy atom. The van der Waals surface area contributed by atoms with Crippen LogP contribution in [0.1, 0.15) is 27.7 Å². The summed E-state index contributed by atoms with van der Waals surface area (Å²) in [5.41, 5.74) is 2.53. The van der Waals surface area contributed by atoms with Gasteiger partial charge in [0.2, 0.25) is 5.91 Å². The minimum atomic E-state index is 0.0432. The van der Waals surface area contributed by atoms with E-state index in [-0.39, 0.29) is 11.8 Å². The van der Waals surface area contributed by atoms with E-state index in [0.717, 1.165) is 16.0 Å². The van der Waals surface area contributed by atoms with Gasteiger partial charge in [-0.1, -0.05) is 23.8 Å². The molecule has 2 amide bonds. The lowest BCUT2D eigenvalue weighted by Gasteiger charge is -2.35. The smallest absolute Gasteiger partial charge is 0.253 e. The van der Waals surface area contributed by atoms with Gasteiger partial charge < -0.3 is 9.80 Å². The normalized spacial score (nSPS) is 15.4. The highest BCUT2D eigenvalue weighted by Crippen LogP contribution is 2.16. The molecule has 4 nitrogen and oxygen atoms in total. The summed E-state index contributed by atoms with van der Waals surface area (Å²) in [7, 11) is 0. The molecule has 25 heavy (non-hydrogen) atoms. The van der Waals surface area contributed by atoms with Crippen LogP contribution < -0.4 is 0 Å². The number of amides is 2. The quantitative estimate of drug-likeness (QED) is 0.792. The summed E-state index contributed by atoms with van der Waals surface area (Å²) in [4.78, 5) is 29.9. The monoisotopic (exact) mass is 354 g/mol. The Hall–Kier alpha value is -2.40. The van der Waals surface area contributed by atoms with Crippen molar-refractivity contribution in [2.45, 2.75) is 13.8 Å². The van der Waals surface area contributed by atoms with Gasteiger partial charge in [-0.3, -0.25) is 9.59 Å². The van der Waals surface area contributed by atoms with Crippen LogP contribution in [0.3, 0.4) is 0 Å². The van der Waals surface area contributed by atoms with Gasteiger partial charge in [-0.25, -0.2) is 0 Å². The second-order valence-corrected chi connectivity index (χ2v) is 7.28. The molecule has 0 radical (unpaired) electrons. The average Bonchev–Trinajstić information content (AvgIpc) is 3.13. The topological polar surface area (TPSA) is 40.6 Å². The average molecular weight is 354 g/mol. The Labute approximate surface area is 152 Å². The van der Waals surface area contributed by atoms with E-state index < -0.39 is 0 Å². The van der Waals surface area contributed by atoms with E-state index in [1.54, 1.807) is 11.3 Å². The fourth-order valence-corrected chi connectivity index (χ4v) is 3.69. The van der Waals surface area contributed by atoms with Crippen LogP contribution >= 0.6 is 11.3 Å². The Kier molecular flexibility index (Phi) is 5.34. The van der Waals surface area contributed by atoms with Gasteiger partial charge in [0.25, 0.3) is 5.91 Å². The molecular formula is C20H22N2O2S. The second kappa shape index (κ2) is 7.66. The molecule has 0 saturated carbocycles. The highest BCUT2D eigenvalue weighted by molar-refractivity contribution is 7.10. The van der Waals surface area contributed by atoms with E-state index in [2.05, 4.69) is 0 Å². The first-order valence-corrected chi connectivity index (χ1v) is 9.29. The van der Waals surface area contributed by atoms with E-state index >= 15 is 0 Å². The molecule has 0 aliphatic carbocycles. The zero-order valence-electron chi connectivity index (χ0n) is 14.6. The predicted molar refractivity (Wildman–Crippen MR) is 102 cm³/mol. The van der Waals surface area contributed by atoms with Gasteiger partial charge in [-0.15, -0.1) is 11.3 Å². The number of hydrogen-bond donors (Lipinski definition) is 0. The molecule has 0 N–H and O–H groups in total. The first-order valence-electron chi connectivity index (χ1n) is 8.41. The molecule has 5 heteroatoms. The minimum absolute atomic E-state index is 0.0432. The SMILES string of the molecule is C/C(=C\c1cccs1)C(=O)N1CCN(C(=O)c2cccc(C)c2)CC1. The number of hydrogen-bond acceptors (Lipinski definition) is 3. The van der Waals surface area contributed by atoms with Crippen molar-refractivity contribution in [2.24, 2.45) is 0 Å². The third kappa shape index (κ3) is 4.17. The summed E-state index contributed by atoms with van der Waals surface area (Å²) in [5.74, 6) is 0.0951. The third-order valence-electron chi connectivity index (χ3n) is 4.36. The van der Waals surface area contributed by atoms with E-state index in [4.69, 9.17) is 0 Å². The molecule has 0 bridgehead atoms. The van der Waals surface area contributed by atoms with Crippen LogP contribution in [-0.2, 0) is 4.79 Å². The zero-order chi connectivity index (χ0) is 17.8. The number of rotatable bonds is 3. The van der Waals surface area contributed by atoms with Crippen LogP contribution in [0.5, 0.6) is 0 Å². The summed E-state index contributed by atoms with van der Waals surface area (Å²) in [6.07, 6.45) is 1.93. The molecule has 1 aliphatic rings. The summed E-state index contributed by atoms with van der Waals surface area (Å²) < 4.78 is 0. The van der Waals surface area contributed by atoms with Crippen molar-refractivity contribution in [3.8, 4) is 0 Å². The Balaban J connectivity index is 1.60. The highest BCUT2D eigenvalue weighted by Gasteiger charge is 2.25. The van der Waals surface area contributed by atoms with Crippen molar-refractivity contribution in [2.75, 3.05) is 26.2 Å². The maximum absolute atomic E-state index is 12.6. The molecule has 1 aliphatic heterocycles. The Morgan fingerprint density at radius 3 is 2.40 bits per heavy atom. The first-order chi connectivity index (χ1) is 12.0. The summed E-state index contributed by atoms with van der Waals surface area (Å²) in [6.45, 7) is 6.13. The number of aryl methyl sites for hydroxylation is 1. The molecule has 0 atom stereocenters. The van der Waals surface area contributed by atoms with Crippen molar-refractivity contribution >= 4 is 29.2 Å². The lowest BCUT2D eigenvalue weighted by molar-refractivity contribution is -0.128. The number of benzene rings is 1. The molecule has 2 aromatic rings. The van der Waals surface area contributed by atoms with Crippen LogP contribution in [0.2, 0.25) is 0 Å². The Bertz CT molecular complexity index is 788. The molecule has 1 fully saturated rings. The molecular weight excluding hydrogens is 332 g/mol. The summed E-state index contributed by atoms with van der Waals surface area (Å²) >= 11 is 1.62. The maximum Gasteiger partial charge on any atom is 0.253 e. The molecule has 0 unspecified atom stereocenters. The van der Waals surface area contributed by atoms with Crippen molar-refractivity contribution < 1.29 is 9.59 Å². The van der Waals surface area contributed by atoms with Crippen LogP contribution in [0.25, 0.3) is 6.08 Å². The van der Waals surface area contributed by atoms with E-state index in [1.807, 2.05) is 71.5 Å². The number of thiophene rings is 1. The number of nitrogens with zero attached hydrogens (tertiary/aromatic N) is 2. The predicted octanol–water partition coefficient (Wildman–Crippen LogP) is 3.44. The number of carbonyl (C=O) groups is 2. The minimum Gasteiger partial charge on any atom is -0.335 e. The first kappa shape index (κ1) is 17.4. The Morgan fingerprint density at radius 1 is 1.04 bits per heavy atom. The van der Waals surface area contributed by atoms with Crippen LogP contribution in [0, 0.1) is 6.92 Å². The van der Waals surface area contributed by atoms with Gasteiger partial charge in [-0.2, -0.15) is 0 Å². The van der Waals surface area contributed by atoms with Crippen molar-refractivity contribution in [1.82, 2.24) is 9.80 Å². The number of piperazine rings is 1. The van der Waals surface area contributed by atoms with Gasteiger partial charge in [0.1, 0.15) is 0 Å². The van der Waals surface area contributed by atoms with Gasteiger partial charge >= 0.3 is 0 Å². The van der Waals surface area contributed by atoms with E-state index in [9.17, 15) is 9.59 Å². The fraction of sp³-hybridized carbons (Fsp3) is 0.300. The van der Waals surface area contributed by atoms with Gasteiger partial charge in [0.05, 0.1) is 0 Å². The standard InChI is InChI=1S/C20H22N2O2S/c1-15-5-3-6-17(13-15)20(24)22-10-8-21(9-11-22)19(23)16(2)14-18-7-4-12-25-18/h3-7,12-14H,8-11H2,1-2H3/b16-14+. The lowest BCUT2D eigenvalue weighted by atomic mass is 10.1. The zero-order valence-corrected chi connectivity index (χ0v) is 15.4. The lowest BCUT2D eigenvalue weighted by Crippen LogP contribution is -2.50. The van der Waals surface area contributed by atoms with Gasteiger partial charge in [0, 0.05) is 42.2 Å². The molecule has 1 saturated heterocycles. The van der Waals surface area contributed by atoms with E-state index in [1.165, 1.54) is 0 Å². The molecule has 2 heterocycles. The number of carbonyl (C=O) groups excluding carboxylic acids is 2. The van der Waals surface area contributed by atoms with Crippen molar-refractivity contribution in [3.63, 3.8) is 0 Å². The highest BCUT2D eigenvalue weighted by atomic mass is 32.1. The molecule has 0 spiro atoms. The van der Waals surface area contributed by atoms with Crippen LogP contribution in [0.4, 0.5) is 0 Å². The molecule has 130 valence electrons. The summed E-state index contributed by atoms with van der Waals surface area (Å²) in [6, 6.07) is 11.6. The van der Waals surface area contributed by atoms with Crippen LogP contribution in [0.15, 0.2) is 47.4 Å². The van der Waals surface area contributed by atoms with Gasteiger partial charge in [0.15, 0.2) is 0 Å². The fourth-order valence-electron chi connectivity index (χ4n) is 2.97.